The normalized spacial score (nSPS) is 17.0. The third kappa shape index (κ3) is 3.93. The van der Waals surface area contributed by atoms with Crippen molar-refractivity contribution >= 4 is 11.8 Å². The zero-order valence-electron chi connectivity index (χ0n) is 13.0. The molecule has 2 rings (SSSR count). The lowest BCUT2D eigenvalue weighted by atomic mass is 9.90. The van der Waals surface area contributed by atoms with Gasteiger partial charge in [-0.3, -0.25) is 0 Å². The molecule has 1 aliphatic rings. The Hall–Kier alpha value is -1.65. The summed E-state index contributed by atoms with van der Waals surface area (Å²) in [6, 6.07) is 0. The van der Waals surface area contributed by atoms with Crippen molar-refractivity contribution in [1.82, 2.24) is 9.97 Å². The highest BCUT2D eigenvalue weighted by Gasteiger charge is 2.22. The predicted octanol–water partition coefficient (Wildman–Crippen LogP) is 3.37. The number of anilines is 1. The molecule has 2 N–H and O–H groups in total. The van der Waals surface area contributed by atoms with Crippen molar-refractivity contribution in [3.8, 4) is 0 Å². The van der Waals surface area contributed by atoms with Crippen LogP contribution in [0, 0.1) is 6.92 Å². The number of nitrogens with two attached hydrogens (primary N) is 1. The Balaban J connectivity index is 2.23. The van der Waals surface area contributed by atoms with E-state index >= 15 is 0 Å². The summed E-state index contributed by atoms with van der Waals surface area (Å²) < 4.78 is 5.01. The Morgan fingerprint density at radius 1 is 1.19 bits per heavy atom. The van der Waals surface area contributed by atoms with Crippen LogP contribution in [0.25, 0.3) is 0 Å². The third-order valence-electron chi connectivity index (χ3n) is 4.09. The van der Waals surface area contributed by atoms with Crippen molar-refractivity contribution in [1.29, 1.82) is 0 Å². The van der Waals surface area contributed by atoms with Crippen LogP contribution >= 0.6 is 0 Å². The molecule has 0 bridgehead atoms. The quantitative estimate of drug-likeness (QED) is 0.864. The van der Waals surface area contributed by atoms with Crippen LogP contribution in [0.2, 0.25) is 0 Å². The lowest BCUT2D eigenvalue weighted by molar-refractivity contribution is 0.0525. The topological polar surface area (TPSA) is 78.1 Å². The lowest BCUT2D eigenvalue weighted by Gasteiger charge is -2.19. The van der Waals surface area contributed by atoms with Gasteiger partial charge in [0.2, 0.25) is 0 Å². The molecular formula is C16H25N3O2. The standard InChI is InChI=1S/C16H25N3O2/c1-3-21-16(20)13-11(2)18-15(19-14(13)17)12-9-7-5-4-6-8-10-12/h12H,3-10H2,1-2H3,(H2,17,18,19). The zero-order valence-corrected chi connectivity index (χ0v) is 13.0. The van der Waals surface area contributed by atoms with Gasteiger partial charge in [0.25, 0.3) is 0 Å². The van der Waals surface area contributed by atoms with Crippen molar-refractivity contribution in [2.75, 3.05) is 12.3 Å². The fourth-order valence-corrected chi connectivity index (χ4v) is 2.97. The predicted molar refractivity (Wildman–Crippen MR) is 82.2 cm³/mol. The fraction of sp³-hybridized carbons (Fsp3) is 0.688. The molecule has 1 saturated carbocycles. The first kappa shape index (κ1) is 15.7. The molecule has 116 valence electrons. The van der Waals surface area contributed by atoms with Gasteiger partial charge in [-0.25, -0.2) is 14.8 Å². The number of nitrogens with zero attached hydrogens (tertiary/aromatic N) is 2. The van der Waals surface area contributed by atoms with Crippen molar-refractivity contribution < 1.29 is 9.53 Å². The minimum absolute atomic E-state index is 0.248. The Kier molecular flexibility index (Phi) is 5.53. The summed E-state index contributed by atoms with van der Waals surface area (Å²) in [7, 11) is 0. The number of carbonyl (C=O) groups is 1. The molecule has 0 amide bonds. The van der Waals surface area contributed by atoms with Gasteiger partial charge in [0.1, 0.15) is 17.2 Å². The number of aryl methyl sites for hydroxylation is 1. The number of nitrogen functional groups attached to an aromatic ring is 1. The second-order valence-electron chi connectivity index (χ2n) is 5.69. The number of hydrogen-bond acceptors (Lipinski definition) is 5. The van der Waals surface area contributed by atoms with Crippen LogP contribution in [0.15, 0.2) is 0 Å². The van der Waals surface area contributed by atoms with Crippen LogP contribution in [0.4, 0.5) is 5.82 Å². The van der Waals surface area contributed by atoms with Crippen LogP contribution in [0.1, 0.15) is 79.7 Å². The maximum atomic E-state index is 11.9. The second kappa shape index (κ2) is 7.38. The van der Waals surface area contributed by atoms with E-state index < -0.39 is 5.97 Å². The van der Waals surface area contributed by atoms with Gasteiger partial charge < -0.3 is 10.5 Å². The average Bonchev–Trinajstić information content (AvgIpc) is 2.37. The first-order valence-electron chi connectivity index (χ1n) is 7.94. The monoisotopic (exact) mass is 291 g/mol. The molecule has 0 unspecified atom stereocenters. The highest BCUT2D eigenvalue weighted by Crippen LogP contribution is 2.30. The first-order chi connectivity index (χ1) is 10.1. The molecule has 21 heavy (non-hydrogen) atoms. The first-order valence-corrected chi connectivity index (χ1v) is 7.94. The largest absolute Gasteiger partial charge is 0.462 e. The van der Waals surface area contributed by atoms with Crippen molar-refractivity contribution in [2.24, 2.45) is 0 Å². The molecule has 1 fully saturated rings. The van der Waals surface area contributed by atoms with E-state index in [1.807, 2.05) is 0 Å². The number of aromatic nitrogens is 2. The summed E-state index contributed by atoms with van der Waals surface area (Å²) >= 11 is 0. The van der Waals surface area contributed by atoms with E-state index in [4.69, 9.17) is 10.5 Å². The van der Waals surface area contributed by atoms with Gasteiger partial charge in [-0.05, 0) is 26.7 Å². The fourth-order valence-electron chi connectivity index (χ4n) is 2.97. The molecule has 0 aromatic carbocycles. The molecular weight excluding hydrogens is 266 g/mol. The summed E-state index contributed by atoms with van der Waals surface area (Å²) in [4.78, 5) is 20.8. The Bertz CT molecular complexity index is 471. The number of esters is 1. The van der Waals surface area contributed by atoms with E-state index in [1.165, 1.54) is 32.1 Å². The molecule has 1 aromatic rings. The van der Waals surface area contributed by atoms with Crippen molar-refractivity contribution in [3.63, 3.8) is 0 Å². The molecule has 0 spiro atoms. The molecule has 0 radical (unpaired) electrons. The third-order valence-corrected chi connectivity index (χ3v) is 4.09. The highest BCUT2D eigenvalue weighted by molar-refractivity contribution is 5.95. The minimum Gasteiger partial charge on any atom is -0.462 e. The van der Waals surface area contributed by atoms with E-state index in [1.54, 1.807) is 13.8 Å². The number of rotatable bonds is 3. The maximum absolute atomic E-state index is 11.9. The summed E-state index contributed by atoms with van der Waals surface area (Å²) in [5.74, 6) is 0.970. The molecule has 1 aromatic heterocycles. The van der Waals surface area contributed by atoms with Gasteiger partial charge >= 0.3 is 5.97 Å². The number of hydrogen-bond donors (Lipinski definition) is 1. The van der Waals surface area contributed by atoms with Crippen LogP contribution < -0.4 is 5.73 Å². The summed E-state index contributed by atoms with van der Waals surface area (Å²) in [5, 5.41) is 0. The molecule has 5 nitrogen and oxygen atoms in total. The van der Waals surface area contributed by atoms with Crippen LogP contribution in [0.3, 0.4) is 0 Å². The number of carbonyl (C=O) groups excluding carboxylic acids is 1. The molecule has 0 atom stereocenters. The maximum Gasteiger partial charge on any atom is 0.343 e. The Morgan fingerprint density at radius 2 is 1.81 bits per heavy atom. The van der Waals surface area contributed by atoms with E-state index in [0.29, 0.717) is 23.8 Å². The van der Waals surface area contributed by atoms with Crippen LogP contribution in [0.5, 0.6) is 0 Å². The lowest BCUT2D eigenvalue weighted by Crippen LogP contribution is -2.16. The zero-order chi connectivity index (χ0) is 15.2. The van der Waals surface area contributed by atoms with Gasteiger partial charge in [0.15, 0.2) is 0 Å². The van der Waals surface area contributed by atoms with E-state index in [-0.39, 0.29) is 5.82 Å². The summed E-state index contributed by atoms with van der Waals surface area (Å²) in [5.41, 5.74) is 6.91. The van der Waals surface area contributed by atoms with E-state index in [9.17, 15) is 4.79 Å². The van der Waals surface area contributed by atoms with Gasteiger partial charge in [-0.1, -0.05) is 32.1 Å². The molecule has 1 aliphatic carbocycles. The van der Waals surface area contributed by atoms with Gasteiger partial charge in [0, 0.05) is 5.92 Å². The highest BCUT2D eigenvalue weighted by atomic mass is 16.5. The smallest absolute Gasteiger partial charge is 0.343 e. The molecule has 1 heterocycles. The van der Waals surface area contributed by atoms with Crippen molar-refractivity contribution in [2.45, 2.75) is 64.7 Å². The summed E-state index contributed by atoms with van der Waals surface area (Å²) in [6.07, 6.45) is 8.54. The minimum atomic E-state index is -0.434. The SMILES string of the molecule is CCOC(=O)c1c(C)nc(C2CCCCCCC2)nc1N. The van der Waals surface area contributed by atoms with Gasteiger partial charge in [0.05, 0.1) is 12.3 Å². The van der Waals surface area contributed by atoms with E-state index in [0.717, 1.165) is 18.7 Å². The molecule has 5 heteroatoms. The van der Waals surface area contributed by atoms with Crippen LogP contribution in [-0.4, -0.2) is 22.5 Å². The summed E-state index contributed by atoms with van der Waals surface area (Å²) in [6.45, 7) is 3.89. The Morgan fingerprint density at radius 3 is 2.38 bits per heavy atom. The van der Waals surface area contributed by atoms with E-state index in [2.05, 4.69) is 9.97 Å². The average molecular weight is 291 g/mol. The van der Waals surface area contributed by atoms with Gasteiger partial charge in [-0.15, -0.1) is 0 Å². The van der Waals surface area contributed by atoms with Gasteiger partial charge in [-0.2, -0.15) is 0 Å². The second-order valence-corrected chi connectivity index (χ2v) is 5.69. The van der Waals surface area contributed by atoms with Crippen LogP contribution in [-0.2, 0) is 4.74 Å². The Labute approximate surface area is 126 Å². The molecule has 0 aliphatic heterocycles. The molecule has 0 saturated heterocycles. The number of ether oxygens (including phenoxy) is 1. The van der Waals surface area contributed by atoms with Crippen molar-refractivity contribution in [3.05, 3.63) is 17.1 Å².